The van der Waals surface area contributed by atoms with Crippen molar-refractivity contribution in [1.82, 2.24) is 15.3 Å². The maximum atomic E-state index is 13.7. The largest absolute Gasteiger partial charge is 0.494 e. The minimum Gasteiger partial charge on any atom is -0.399 e. The molecular formula is C25H27BF3N5O3. The van der Waals surface area contributed by atoms with Gasteiger partial charge in [0, 0.05) is 18.9 Å². The van der Waals surface area contributed by atoms with Gasteiger partial charge in [-0.15, -0.1) is 0 Å². The highest BCUT2D eigenvalue weighted by atomic mass is 19.4. The van der Waals surface area contributed by atoms with Crippen LogP contribution in [0.25, 0.3) is 0 Å². The number of rotatable bonds is 6. The molecule has 3 N–H and O–H groups in total. The van der Waals surface area contributed by atoms with Gasteiger partial charge in [-0.2, -0.15) is 18.2 Å². The van der Waals surface area contributed by atoms with E-state index in [0.29, 0.717) is 11.9 Å². The summed E-state index contributed by atoms with van der Waals surface area (Å²) in [6, 6.07) is 13.3. The molecule has 3 aromatic rings. The molecule has 1 aliphatic heterocycles. The molecule has 0 saturated carbocycles. The fraction of sp³-hybridized carbons (Fsp3) is 0.320. The van der Waals surface area contributed by atoms with E-state index in [2.05, 4.69) is 25.9 Å². The molecule has 0 unspecified atom stereocenters. The first-order valence-electron chi connectivity index (χ1n) is 11.6. The van der Waals surface area contributed by atoms with E-state index in [1.807, 2.05) is 27.7 Å². The number of aromatic nitrogens is 2. The van der Waals surface area contributed by atoms with Gasteiger partial charge in [-0.05, 0) is 57.4 Å². The minimum absolute atomic E-state index is 0.0590. The van der Waals surface area contributed by atoms with Crippen molar-refractivity contribution in [3.8, 4) is 0 Å². The number of nitrogens with one attached hydrogen (secondary N) is 3. The van der Waals surface area contributed by atoms with Crippen LogP contribution in [0.2, 0.25) is 0 Å². The Balaban J connectivity index is 1.58. The summed E-state index contributed by atoms with van der Waals surface area (Å²) in [7, 11) is 0.892. The highest BCUT2D eigenvalue weighted by Gasteiger charge is 2.51. The topological polar surface area (TPSA) is 97.4 Å². The van der Waals surface area contributed by atoms with Gasteiger partial charge < -0.3 is 25.3 Å². The van der Waals surface area contributed by atoms with E-state index in [-0.39, 0.29) is 17.2 Å². The number of alkyl halides is 3. The van der Waals surface area contributed by atoms with Crippen molar-refractivity contribution in [2.24, 2.45) is 0 Å². The van der Waals surface area contributed by atoms with Crippen molar-refractivity contribution in [1.29, 1.82) is 0 Å². The number of carbonyl (C=O) groups excluding carboxylic acids is 1. The van der Waals surface area contributed by atoms with Crippen LogP contribution in [0.1, 0.15) is 43.6 Å². The first-order chi connectivity index (χ1) is 17.3. The van der Waals surface area contributed by atoms with E-state index in [4.69, 9.17) is 9.31 Å². The van der Waals surface area contributed by atoms with Gasteiger partial charge in [-0.3, -0.25) is 4.79 Å². The quantitative estimate of drug-likeness (QED) is 0.414. The van der Waals surface area contributed by atoms with Gasteiger partial charge in [0.15, 0.2) is 0 Å². The van der Waals surface area contributed by atoms with E-state index in [9.17, 15) is 18.0 Å². The van der Waals surface area contributed by atoms with E-state index < -0.39 is 41.8 Å². The van der Waals surface area contributed by atoms with Crippen LogP contribution in [-0.4, -0.2) is 41.2 Å². The smallest absolute Gasteiger partial charge is 0.399 e. The molecule has 2 aromatic carbocycles. The Bertz CT molecular complexity index is 1280. The van der Waals surface area contributed by atoms with Crippen LogP contribution in [0, 0.1) is 0 Å². The molecule has 1 saturated heterocycles. The van der Waals surface area contributed by atoms with Crippen molar-refractivity contribution in [3.05, 3.63) is 65.9 Å². The molecule has 1 amide bonds. The predicted molar refractivity (Wildman–Crippen MR) is 136 cm³/mol. The zero-order chi connectivity index (χ0) is 27.0. The summed E-state index contributed by atoms with van der Waals surface area (Å²) in [6.45, 7) is 7.85. The summed E-state index contributed by atoms with van der Waals surface area (Å²) < 4.78 is 53.2. The molecule has 0 atom stereocenters. The van der Waals surface area contributed by atoms with Gasteiger partial charge in [-0.1, -0.05) is 24.3 Å². The molecule has 4 rings (SSSR count). The number of hydrogen-bond donors (Lipinski definition) is 3. The molecule has 0 spiro atoms. The SMILES string of the molecule is CNC(=O)c1ccccc1Nc1nc(Nc2ccc(B3OC(C)(C)C(C)(C)O3)cc2)ncc1C(F)(F)F. The number of nitrogens with zero attached hydrogens (tertiary/aromatic N) is 2. The first-order valence-corrected chi connectivity index (χ1v) is 11.6. The Morgan fingerprint density at radius 1 is 0.946 bits per heavy atom. The highest BCUT2D eigenvalue weighted by molar-refractivity contribution is 6.62. The lowest BCUT2D eigenvalue weighted by molar-refractivity contribution is -0.137. The Morgan fingerprint density at radius 2 is 1.57 bits per heavy atom. The van der Waals surface area contributed by atoms with Gasteiger partial charge in [0.05, 0.1) is 22.5 Å². The van der Waals surface area contributed by atoms with Crippen molar-refractivity contribution in [2.75, 3.05) is 17.7 Å². The lowest BCUT2D eigenvalue weighted by atomic mass is 9.79. The number of benzene rings is 2. The second kappa shape index (κ2) is 9.68. The average Bonchev–Trinajstić information content (AvgIpc) is 3.05. The van der Waals surface area contributed by atoms with Gasteiger partial charge in [0.25, 0.3) is 5.91 Å². The van der Waals surface area contributed by atoms with Crippen LogP contribution in [0.5, 0.6) is 0 Å². The number of carbonyl (C=O) groups is 1. The van der Waals surface area contributed by atoms with Gasteiger partial charge in [-0.25, -0.2) is 4.98 Å². The van der Waals surface area contributed by atoms with E-state index >= 15 is 0 Å². The van der Waals surface area contributed by atoms with Crippen LogP contribution in [0.15, 0.2) is 54.7 Å². The summed E-state index contributed by atoms with van der Waals surface area (Å²) in [4.78, 5) is 20.1. The molecule has 1 aromatic heterocycles. The number of halogens is 3. The molecule has 1 fully saturated rings. The fourth-order valence-electron chi connectivity index (χ4n) is 3.63. The number of hydrogen-bond acceptors (Lipinski definition) is 7. The van der Waals surface area contributed by atoms with Crippen LogP contribution in [0.4, 0.5) is 36.3 Å². The summed E-state index contributed by atoms with van der Waals surface area (Å²) >= 11 is 0. The number of para-hydroxylation sites is 1. The van der Waals surface area contributed by atoms with E-state index in [1.54, 1.807) is 36.4 Å². The van der Waals surface area contributed by atoms with Crippen molar-refractivity contribution < 1.29 is 27.3 Å². The molecule has 194 valence electrons. The maximum absolute atomic E-state index is 13.7. The highest BCUT2D eigenvalue weighted by Crippen LogP contribution is 2.37. The van der Waals surface area contributed by atoms with Crippen molar-refractivity contribution in [2.45, 2.75) is 45.1 Å². The lowest BCUT2D eigenvalue weighted by Crippen LogP contribution is -2.41. The molecule has 1 aliphatic rings. The number of anilines is 4. The molecule has 0 bridgehead atoms. The average molecular weight is 513 g/mol. The Labute approximate surface area is 213 Å². The molecule has 0 aliphatic carbocycles. The predicted octanol–water partition coefficient (Wildman–Crippen LogP) is 4.64. The summed E-state index contributed by atoms with van der Waals surface area (Å²) in [5.74, 6) is -1.00. The normalized spacial score (nSPS) is 16.4. The second-order valence-corrected chi connectivity index (χ2v) is 9.54. The number of amides is 1. The van der Waals surface area contributed by atoms with Gasteiger partial charge in [0.1, 0.15) is 11.4 Å². The van der Waals surface area contributed by atoms with Gasteiger partial charge >= 0.3 is 13.3 Å². The van der Waals surface area contributed by atoms with Gasteiger partial charge in [0.2, 0.25) is 5.95 Å². The minimum atomic E-state index is -4.71. The lowest BCUT2D eigenvalue weighted by Gasteiger charge is -2.32. The molecule has 12 heteroatoms. The van der Waals surface area contributed by atoms with Crippen LogP contribution in [-0.2, 0) is 15.5 Å². The third kappa shape index (κ3) is 5.54. The summed E-state index contributed by atoms with van der Waals surface area (Å²) in [6.07, 6.45) is -4.02. The Hall–Kier alpha value is -3.64. The third-order valence-electron chi connectivity index (χ3n) is 6.44. The van der Waals surface area contributed by atoms with E-state index in [0.717, 1.165) is 5.46 Å². The zero-order valence-corrected chi connectivity index (χ0v) is 21.0. The maximum Gasteiger partial charge on any atom is 0.494 e. The summed E-state index contributed by atoms with van der Waals surface area (Å²) in [5.41, 5.74) is -0.345. The van der Waals surface area contributed by atoms with E-state index in [1.165, 1.54) is 19.2 Å². The standard InChI is InChI=1S/C25H27BF3N5O3/c1-23(2)24(3,4)37-26(36-23)15-10-12-16(13-11-15)32-22-31-14-18(25(27,28)29)20(34-22)33-19-9-7-6-8-17(19)21(35)30-5/h6-14H,1-5H3,(H,30,35)(H2,31,32,33,34). The first kappa shape index (κ1) is 26.4. The Morgan fingerprint density at radius 3 is 2.16 bits per heavy atom. The second-order valence-electron chi connectivity index (χ2n) is 9.54. The molecular weight excluding hydrogens is 486 g/mol. The third-order valence-corrected chi connectivity index (χ3v) is 6.44. The van der Waals surface area contributed by atoms with Crippen LogP contribution >= 0.6 is 0 Å². The van der Waals surface area contributed by atoms with Crippen molar-refractivity contribution in [3.63, 3.8) is 0 Å². The van der Waals surface area contributed by atoms with Crippen LogP contribution < -0.4 is 21.4 Å². The molecule has 0 radical (unpaired) electrons. The molecule has 37 heavy (non-hydrogen) atoms. The fourth-order valence-corrected chi connectivity index (χ4v) is 3.63. The summed E-state index contributed by atoms with van der Waals surface area (Å²) in [5, 5.41) is 8.03. The Kier molecular flexibility index (Phi) is 6.91. The molecule has 8 nitrogen and oxygen atoms in total. The van der Waals surface area contributed by atoms with Crippen molar-refractivity contribution >= 4 is 41.6 Å². The molecule has 2 heterocycles. The zero-order valence-electron chi connectivity index (χ0n) is 21.0. The monoisotopic (exact) mass is 513 g/mol. The van der Waals surface area contributed by atoms with Crippen LogP contribution in [0.3, 0.4) is 0 Å².